The number of amides is 4. The van der Waals surface area contributed by atoms with Crippen LogP contribution >= 0.6 is 11.6 Å². The number of aromatic nitrogens is 2. The van der Waals surface area contributed by atoms with Crippen molar-refractivity contribution in [1.82, 2.24) is 25.1 Å². The summed E-state index contributed by atoms with van der Waals surface area (Å²) in [5, 5.41) is 8.06. The molecule has 0 spiro atoms. The Labute approximate surface area is 346 Å². The van der Waals surface area contributed by atoms with Crippen molar-refractivity contribution in [2.75, 3.05) is 23.7 Å². The van der Waals surface area contributed by atoms with Crippen molar-refractivity contribution in [2.24, 2.45) is 0 Å². The highest BCUT2D eigenvalue weighted by Crippen LogP contribution is 2.39. The normalized spacial score (nSPS) is 17.8. The Morgan fingerprint density at radius 2 is 1.69 bits per heavy atom. The Balaban J connectivity index is 1.05. The number of para-hydroxylation sites is 1. The van der Waals surface area contributed by atoms with Crippen molar-refractivity contribution in [1.29, 1.82) is 0 Å². The maximum absolute atomic E-state index is 16.0. The third-order valence-electron chi connectivity index (χ3n) is 10.8. The van der Waals surface area contributed by atoms with E-state index in [0.717, 1.165) is 28.9 Å². The summed E-state index contributed by atoms with van der Waals surface area (Å²) in [5.74, 6) is -2.42. The molecule has 4 amide bonds. The largest absolute Gasteiger partial charge is 0.489 e. The summed E-state index contributed by atoms with van der Waals surface area (Å²) >= 11 is 6.49. The smallest absolute Gasteiger partial charge is 0.265 e. The highest BCUT2D eigenvalue weighted by molar-refractivity contribution is 7.92. The van der Waals surface area contributed by atoms with Crippen LogP contribution in [0.3, 0.4) is 0 Å². The van der Waals surface area contributed by atoms with E-state index in [9.17, 15) is 27.6 Å². The number of benzene rings is 3. The number of likely N-dealkylation sites (tertiary alicyclic amines) is 1. The summed E-state index contributed by atoms with van der Waals surface area (Å²) in [5.41, 5.74) is 2.93. The van der Waals surface area contributed by atoms with Gasteiger partial charge in [0.25, 0.3) is 11.8 Å². The lowest BCUT2D eigenvalue weighted by atomic mass is 9.86. The van der Waals surface area contributed by atoms with E-state index in [2.05, 4.69) is 30.8 Å². The molecule has 3 aromatic carbocycles. The number of hydrogen-bond donors (Lipinski definition) is 3. The van der Waals surface area contributed by atoms with Crippen molar-refractivity contribution in [3.63, 3.8) is 0 Å². The first-order chi connectivity index (χ1) is 28.0. The number of imide groups is 2. The van der Waals surface area contributed by atoms with Crippen molar-refractivity contribution in [3.8, 4) is 5.75 Å². The van der Waals surface area contributed by atoms with Crippen LogP contribution in [0.5, 0.6) is 5.75 Å². The fourth-order valence-corrected chi connectivity index (χ4v) is 9.09. The first-order valence-electron chi connectivity index (χ1n) is 19.5. The molecule has 2 saturated heterocycles. The second-order valence-electron chi connectivity index (χ2n) is 15.6. The summed E-state index contributed by atoms with van der Waals surface area (Å²) < 4.78 is 48.4. The Morgan fingerprint density at radius 3 is 2.39 bits per heavy atom. The molecule has 0 saturated carbocycles. The van der Waals surface area contributed by atoms with Gasteiger partial charge < -0.3 is 15.4 Å². The van der Waals surface area contributed by atoms with Crippen LogP contribution in [0, 0.1) is 12.7 Å². The van der Waals surface area contributed by atoms with E-state index in [-0.39, 0.29) is 69.8 Å². The highest BCUT2D eigenvalue weighted by Gasteiger charge is 2.46. The van der Waals surface area contributed by atoms with Gasteiger partial charge in [0.1, 0.15) is 22.6 Å². The number of nitrogens with one attached hydrogen (secondary N) is 3. The molecule has 1 atom stereocenters. The van der Waals surface area contributed by atoms with Crippen LogP contribution in [-0.2, 0) is 26.0 Å². The zero-order valence-electron chi connectivity index (χ0n) is 33.3. The maximum Gasteiger partial charge on any atom is 0.265 e. The van der Waals surface area contributed by atoms with Crippen molar-refractivity contribution >= 4 is 68.2 Å². The molecular weight excluding hydrogens is 801 g/mol. The number of sulfone groups is 1. The van der Waals surface area contributed by atoms with Gasteiger partial charge in [0.05, 0.1) is 44.9 Å². The summed E-state index contributed by atoms with van der Waals surface area (Å²) in [6.45, 7) is 10.6. The predicted molar refractivity (Wildman–Crippen MR) is 220 cm³/mol. The van der Waals surface area contributed by atoms with E-state index in [0.29, 0.717) is 30.2 Å². The van der Waals surface area contributed by atoms with E-state index in [1.165, 1.54) is 24.4 Å². The number of halogens is 2. The first kappa shape index (κ1) is 41.7. The van der Waals surface area contributed by atoms with Crippen molar-refractivity contribution in [2.45, 2.75) is 95.1 Å². The average Bonchev–Trinajstić information content (AvgIpc) is 3.44. The van der Waals surface area contributed by atoms with Crippen LogP contribution < -0.4 is 20.7 Å². The minimum absolute atomic E-state index is 0.00936. The molecule has 17 heteroatoms. The van der Waals surface area contributed by atoms with Gasteiger partial charge in [0.2, 0.25) is 17.8 Å². The zero-order chi connectivity index (χ0) is 42.3. The van der Waals surface area contributed by atoms with E-state index in [1.54, 1.807) is 32.0 Å². The number of piperidine rings is 2. The van der Waals surface area contributed by atoms with Gasteiger partial charge in [-0.15, -0.1) is 0 Å². The number of carbonyl (C=O) groups excluding carboxylic acids is 4. The number of hydrogen-bond acceptors (Lipinski definition) is 12. The molecule has 310 valence electrons. The third kappa shape index (κ3) is 8.38. The molecule has 3 N–H and O–H groups in total. The number of fused-ring (bicyclic) bond motifs is 1. The van der Waals surface area contributed by atoms with E-state index in [1.807, 2.05) is 32.9 Å². The van der Waals surface area contributed by atoms with Crippen LogP contribution in [0.15, 0.2) is 59.6 Å². The van der Waals surface area contributed by atoms with Gasteiger partial charge in [0, 0.05) is 18.5 Å². The van der Waals surface area contributed by atoms with Gasteiger partial charge in [-0.25, -0.2) is 17.8 Å². The molecule has 4 heterocycles. The molecule has 2 fully saturated rings. The number of carbonyl (C=O) groups is 4. The number of aryl methyl sites for hydroxylation is 1. The van der Waals surface area contributed by atoms with Crippen LogP contribution in [-0.4, -0.2) is 82.3 Å². The van der Waals surface area contributed by atoms with E-state index >= 15 is 4.39 Å². The maximum atomic E-state index is 16.0. The molecule has 7 rings (SSSR count). The molecular formula is C42H45ClFN7O7S. The van der Waals surface area contributed by atoms with Gasteiger partial charge in [-0.2, -0.15) is 4.98 Å². The fraction of sp³-hybridized carbons (Fsp3) is 0.381. The number of rotatable bonds is 12. The third-order valence-corrected chi connectivity index (χ3v) is 13.3. The van der Waals surface area contributed by atoms with E-state index in [4.69, 9.17) is 16.3 Å². The second-order valence-corrected chi connectivity index (χ2v) is 18.4. The molecule has 59 heavy (non-hydrogen) atoms. The van der Waals surface area contributed by atoms with Crippen LogP contribution in [0.4, 0.5) is 27.5 Å². The lowest BCUT2D eigenvalue weighted by Gasteiger charge is -2.33. The summed E-state index contributed by atoms with van der Waals surface area (Å²) in [6, 6.07) is 12.4. The topological polar surface area (TPSA) is 180 Å². The Hall–Kier alpha value is -5.45. The van der Waals surface area contributed by atoms with Gasteiger partial charge >= 0.3 is 0 Å². The van der Waals surface area contributed by atoms with E-state index < -0.39 is 50.6 Å². The van der Waals surface area contributed by atoms with Crippen LogP contribution in [0.2, 0.25) is 5.02 Å². The minimum atomic E-state index is -3.61. The minimum Gasteiger partial charge on any atom is -0.489 e. The molecule has 0 aliphatic carbocycles. The standard InChI is InChI=1S/C42H45ClFN7O7S/c1-22(2)58-33-19-28(24(5)18-31(33)47-42-45-20-29(43)38(49-42)46-30-8-6-7-9-34(30)59(56,57)23(3)4)25-14-16-50(17-15-25)21-26-10-11-27-36(37(26)44)41(55)51(40(27)54)32-12-13-35(52)48-39(32)53/h6-11,18-20,22-23,25,32H,12-17,21H2,1-5H3,(H,48,52,53)(H2,45,46,47,49). The van der Waals surface area contributed by atoms with Gasteiger partial charge in [-0.1, -0.05) is 29.8 Å². The molecule has 1 aromatic heterocycles. The van der Waals surface area contributed by atoms with Crippen molar-refractivity contribution in [3.05, 3.63) is 93.4 Å². The molecule has 3 aliphatic rings. The van der Waals surface area contributed by atoms with Gasteiger partial charge in [0.15, 0.2) is 15.7 Å². The highest BCUT2D eigenvalue weighted by atomic mass is 35.5. The van der Waals surface area contributed by atoms with Crippen molar-refractivity contribution < 1.29 is 36.7 Å². The molecule has 0 radical (unpaired) electrons. The van der Waals surface area contributed by atoms with Gasteiger partial charge in [-0.05, 0) is 114 Å². The molecule has 1 unspecified atom stereocenters. The quantitative estimate of drug-likeness (QED) is 0.127. The average molecular weight is 846 g/mol. The number of nitrogens with zero attached hydrogens (tertiary/aromatic N) is 4. The lowest BCUT2D eigenvalue weighted by Crippen LogP contribution is -2.54. The first-order valence-corrected chi connectivity index (χ1v) is 21.4. The monoisotopic (exact) mass is 845 g/mol. The Morgan fingerprint density at radius 1 is 0.966 bits per heavy atom. The summed E-state index contributed by atoms with van der Waals surface area (Å²) in [4.78, 5) is 62.6. The Bertz CT molecular complexity index is 2470. The molecule has 3 aliphatic heterocycles. The molecule has 4 aromatic rings. The molecule has 14 nitrogen and oxygen atoms in total. The lowest BCUT2D eigenvalue weighted by molar-refractivity contribution is -0.136. The zero-order valence-corrected chi connectivity index (χ0v) is 34.8. The van der Waals surface area contributed by atoms with Crippen LogP contribution in [0.25, 0.3) is 0 Å². The molecule has 0 bridgehead atoms. The predicted octanol–water partition coefficient (Wildman–Crippen LogP) is 6.81. The Kier molecular flexibility index (Phi) is 11.8. The SMILES string of the molecule is Cc1cc(Nc2ncc(Cl)c(Nc3ccccc3S(=O)(=O)C(C)C)n2)c(OC(C)C)cc1C1CCN(Cc2ccc3c(c2F)C(=O)N(C2CCC(=O)NC2=O)C3=O)CC1. The van der Waals surface area contributed by atoms with Gasteiger partial charge in [-0.3, -0.25) is 34.3 Å². The second kappa shape index (κ2) is 16.7. The summed E-state index contributed by atoms with van der Waals surface area (Å²) in [6.07, 6.45) is 2.78. The summed E-state index contributed by atoms with van der Waals surface area (Å²) in [7, 11) is -3.61. The fourth-order valence-electron chi connectivity index (χ4n) is 7.75. The number of ether oxygens (including phenoxy) is 1. The van der Waals surface area contributed by atoms with Crippen LogP contribution in [0.1, 0.15) is 96.7 Å². The number of anilines is 4.